The van der Waals surface area contributed by atoms with Crippen molar-refractivity contribution >= 4 is 12.1 Å². The van der Waals surface area contributed by atoms with Crippen LogP contribution in [0, 0.1) is 6.92 Å². The molecule has 0 radical (unpaired) electrons. The molecule has 0 bridgehead atoms. The Kier molecular flexibility index (Phi) is 10.2. The van der Waals surface area contributed by atoms with E-state index in [0.29, 0.717) is 31.1 Å². The first-order valence-electron chi connectivity index (χ1n) is 12.7. The normalized spacial score (nSPS) is 11.0. The minimum Gasteiger partial charge on any atom is -0.493 e. The third kappa shape index (κ3) is 8.83. The molecule has 0 aliphatic carbocycles. The van der Waals surface area contributed by atoms with Crippen LogP contribution in [0.5, 0.6) is 11.5 Å². The second-order valence-corrected chi connectivity index (χ2v) is 9.45. The van der Waals surface area contributed by atoms with Crippen LogP contribution in [-0.4, -0.2) is 41.0 Å². The summed E-state index contributed by atoms with van der Waals surface area (Å²) in [5, 5.41) is 11.8. The second-order valence-electron chi connectivity index (χ2n) is 9.45. The summed E-state index contributed by atoms with van der Waals surface area (Å²) in [5.41, 5.74) is 3.23. The van der Waals surface area contributed by atoms with Gasteiger partial charge in [0.2, 0.25) is 5.89 Å². The van der Waals surface area contributed by atoms with Crippen LogP contribution in [0.3, 0.4) is 0 Å². The Morgan fingerprint density at radius 1 is 1.00 bits per heavy atom. The van der Waals surface area contributed by atoms with Crippen molar-refractivity contribution in [2.75, 3.05) is 6.61 Å². The van der Waals surface area contributed by atoms with Gasteiger partial charge >= 0.3 is 12.1 Å². The summed E-state index contributed by atoms with van der Waals surface area (Å²) in [6.07, 6.45) is 0.163. The van der Waals surface area contributed by atoms with Crippen LogP contribution in [0.15, 0.2) is 46.9 Å². The van der Waals surface area contributed by atoms with E-state index in [0.717, 1.165) is 33.9 Å². The maximum atomic E-state index is 11.9. The molecule has 3 aromatic rings. The van der Waals surface area contributed by atoms with Crippen LogP contribution >= 0.6 is 0 Å². The molecule has 0 spiro atoms. The summed E-state index contributed by atoms with van der Waals surface area (Å²) in [6.45, 7) is 9.92. The Labute approximate surface area is 223 Å². The zero-order chi connectivity index (χ0) is 27.7. The number of ether oxygens (including phenoxy) is 3. The van der Waals surface area contributed by atoms with Gasteiger partial charge in [0.25, 0.3) is 0 Å². The highest BCUT2D eigenvalue weighted by atomic mass is 16.6. The van der Waals surface area contributed by atoms with Gasteiger partial charge < -0.3 is 29.1 Å². The highest BCUT2D eigenvalue weighted by Crippen LogP contribution is 2.26. The maximum Gasteiger partial charge on any atom is 0.407 e. The van der Waals surface area contributed by atoms with Crippen molar-refractivity contribution in [2.24, 2.45) is 0 Å². The number of nitrogens with one attached hydrogen (secondary N) is 1. The number of carboxylic acid groups (broad SMARTS) is 1. The van der Waals surface area contributed by atoms with Crippen LogP contribution in [0.2, 0.25) is 0 Å². The number of aryl methyl sites for hydroxylation is 2. The van der Waals surface area contributed by atoms with E-state index in [2.05, 4.69) is 10.3 Å². The van der Waals surface area contributed by atoms with Gasteiger partial charge in [-0.1, -0.05) is 12.1 Å². The summed E-state index contributed by atoms with van der Waals surface area (Å²) in [6, 6.07) is 13.1. The summed E-state index contributed by atoms with van der Waals surface area (Å²) >= 11 is 0. The molecule has 1 aromatic heterocycles. The number of oxazole rings is 1. The van der Waals surface area contributed by atoms with Crippen LogP contribution in [0.4, 0.5) is 4.79 Å². The molecular weight excluding hydrogens is 488 g/mol. The van der Waals surface area contributed by atoms with Crippen molar-refractivity contribution < 1.29 is 33.3 Å². The van der Waals surface area contributed by atoms with Gasteiger partial charge in [-0.2, -0.15) is 0 Å². The van der Waals surface area contributed by atoms with Crippen molar-refractivity contribution in [2.45, 2.75) is 72.6 Å². The number of hydrogen-bond acceptors (Lipinski definition) is 7. The van der Waals surface area contributed by atoms with Crippen molar-refractivity contribution in [3.05, 3.63) is 65.0 Å². The zero-order valence-corrected chi connectivity index (χ0v) is 22.6. The Morgan fingerprint density at radius 3 is 2.50 bits per heavy atom. The molecule has 0 unspecified atom stereocenters. The number of nitrogens with zero attached hydrogens (tertiary/aromatic N) is 1. The quantitative estimate of drug-likeness (QED) is 0.292. The van der Waals surface area contributed by atoms with Crippen LogP contribution in [0.25, 0.3) is 11.5 Å². The molecule has 0 saturated carbocycles. The molecule has 0 aliphatic heterocycles. The first-order valence-corrected chi connectivity index (χ1v) is 12.7. The standard InChI is InChI=1S/C29H36N2O7/c1-18(2)36-25-8-6-7-22(15-25)28-31-26(20(5)38-28)13-14-35-24-11-9-21(10-12-27(32)33)23(16-24)17-30-29(34)37-19(3)4/h6-9,11,15-16,18-19H,10,12-14,17H2,1-5H3,(H,30,34)(H,32,33). The Morgan fingerprint density at radius 2 is 1.79 bits per heavy atom. The molecule has 38 heavy (non-hydrogen) atoms. The summed E-state index contributed by atoms with van der Waals surface area (Å²) in [4.78, 5) is 27.7. The van der Waals surface area contributed by atoms with Gasteiger partial charge in [0.15, 0.2) is 0 Å². The van der Waals surface area contributed by atoms with Crippen LogP contribution in [-0.2, 0) is 28.9 Å². The van der Waals surface area contributed by atoms with E-state index < -0.39 is 12.1 Å². The second kappa shape index (κ2) is 13.5. The molecule has 204 valence electrons. The molecule has 3 rings (SSSR count). The van der Waals surface area contributed by atoms with E-state index >= 15 is 0 Å². The number of aliphatic carboxylic acids is 1. The van der Waals surface area contributed by atoms with Gasteiger partial charge in [-0.3, -0.25) is 4.79 Å². The fourth-order valence-corrected chi connectivity index (χ4v) is 3.79. The lowest BCUT2D eigenvalue weighted by atomic mass is 10.0. The van der Waals surface area contributed by atoms with Gasteiger partial charge in [0.05, 0.1) is 24.5 Å². The third-order valence-corrected chi connectivity index (χ3v) is 5.50. The first-order chi connectivity index (χ1) is 18.1. The number of carbonyl (C=O) groups is 2. The predicted octanol–water partition coefficient (Wildman–Crippen LogP) is 5.71. The van der Waals surface area contributed by atoms with Gasteiger partial charge in [0, 0.05) is 24.9 Å². The fraction of sp³-hybridized carbons (Fsp3) is 0.414. The minimum atomic E-state index is -0.884. The monoisotopic (exact) mass is 524 g/mol. The number of benzene rings is 2. The lowest BCUT2D eigenvalue weighted by molar-refractivity contribution is -0.136. The lowest BCUT2D eigenvalue weighted by Gasteiger charge is -2.14. The molecular formula is C29H36N2O7. The molecule has 0 saturated heterocycles. The van der Waals surface area contributed by atoms with E-state index in [-0.39, 0.29) is 25.2 Å². The van der Waals surface area contributed by atoms with Crippen molar-refractivity contribution in [3.8, 4) is 23.0 Å². The molecule has 0 aliphatic rings. The average molecular weight is 525 g/mol. The number of aromatic nitrogens is 1. The molecule has 2 aromatic carbocycles. The number of amides is 1. The molecule has 0 fully saturated rings. The van der Waals surface area contributed by atoms with Gasteiger partial charge in [-0.05, 0) is 82.5 Å². The predicted molar refractivity (Wildman–Crippen MR) is 142 cm³/mol. The Bertz CT molecular complexity index is 1230. The SMILES string of the molecule is Cc1oc(-c2cccc(OC(C)C)c2)nc1CCOc1ccc(CCC(=O)O)c(CNC(=O)OC(C)C)c1. The van der Waals surface area contributed by atoms with E-state index in [1.54, 1.807) is 19.9 Å². The topological polar surface area (TPSA) is 120 Å². The highest BCUT2D eigenvalue weighted by Gasteiger charge is 2.14. The van der Waals surface area contributed by atoms with Crippen molar-refractivity contribution in [3.63, 3.8) is 0 Å². The number of hydrogen-bond donors (Lipinski definition) is 2. The zero-order valence-electron chi connectivity index (χ0n) is 22.6. The smallest absolute Gasteiger partial charge is 0.407 e. The number of alkyl carbamates (subject to hydrolysis) is 1. The van der Waals surface area contributed by atoms with Gasteiger partial charge in [-0.25, -0.2) is 9.78 Å². The largest absolute Gasteiger partial charge is 0.493 e. The number of carbonyl (C=O) groups excluding carboxylic acids is 1. The van der Waals surface area contributed by atoms with E-state index in [1.165, 1.54) is 0 Å². The average Bonchev–Trinajstić information content (AvgIpc) is 3.21. The minimum absolute atomic E-state index is 0.0100. The van der Waals surface area contributed by atoms with Gasteiger partial charge in [0.1, 0.15) is 17.3 Å². The molecule has 9 heteroatoms. The van der Waals surface area contributed by atoms with Crippen LogP contribution < -0.4 is 14.8 Å². The van der Waals surface area contributed by atoms with Gasteiger partial charge in [-0.15, -0.1) is 0 Å². The fourth-order valence-electron chi connectivity index (χ4n) is 3.79. The molecule has 0 atom stereocenters. The molecule has 2 N–H and O–H groups in total. The lowest BCUT2D eigenvalue weighted by Crippen LogP contribution is -2.26. The van der Waals surface area contributed by atoms with E-state index in [9.17, 15) is 9.59 Å². The summed E-state index contributed by atoms with van der Waals surface area (Å²) in [7, 11) is 0. The highest BCUT2D eigenvalue weighted by molar-refractivity contribution is 5.68. The van der Waals surface area contributed by atoms with Crippen molar-refractivity contribution in [1.82, 2.24) is 10.3 Å². The third-order valence-electron chi connectivity index (χ3n) is 5.50. The van der Waals surface area contributed by atoms with E-state index in [4.69, 9.17) is 23.7 Å². The van der Waals surface area contributed by atoms with Crippen LogP contribution in [0.1, 0.15) is 56.7 Å². The number of carboxylic acids is 1. The maximum absolute atomic E-state index is 11.9. The Balaban J connectivity index is 1.65. The summed E-state index contributed by atoms with van der Waals surface area (Å²) < 4.78 is 22.8. The number of rotatable bonds is 13. The molecule has 1 heterocycles. The van der Waals surface area contributed by atoms with E-state index in [1.807, 2.05) is 57.2 Å². The van der Waals surface area contributed by atoms with Crippen molar-refractivity contribution in [1.29, 1.82) is 0 Å². The Hall–Kier alpha value is -4.01. The first kappa shape index (κ1) is 28.6. The molecule has 1 amide bonds. The molecule has 9 nitrogen and oxygen atoms in total. The summed E-state index contributed by atoms with van der Waals surface area (Å²) in [5.74, 6) is 1.73.